The summed E-state index contributed by atoms with van der Waals surface area (Å²) in [5.74, 6) is 1.94. The van der Waals surface area contributed by atoms with Crippen molar-refractivity contribution >= 4 is 0 Å². The summed E-state index contributed by atoms with van der Waals surface area (Å²) in [6.45, 7) is 8.69. The van der Waals surface area contributed by atoms with Crippen LogP contribution in [-0.4, -0.2) is 10.2 Å². The molecule has 0 saturated heterocycles. The van der Waals surface area contributed by atoms with Crippen molar-refractivity contribution in [3.8, 4) is 0 Å². The van der Waals surface area contributed by atoms with Crippen LogP contribution in [0.15, 0.2) is 46.9 Å². The van der Waals surface area contributed by atoms with Gasteiger partial charge < -0.3 is 4.42 Å². The summed E-state index contributed by atoms with van der Waals surface area (Å²) in [4.78, 5) is 0. The Kier molecular flexibility index (Phi) is 5.32. The highest BCUT2D eigenvalue weighted by Crippen LogP contribution is 2.21. The van der Waals surface area contributed by atoms with Gasteiger partial charge in [-0.3, -0.25) is 0 Å². The molecule has 3 aromatic rings. The number of benzene rings is 2. The monoisotopic (exact) mass is 334 g/mol. The lowest BCUT2D eigenvalue weighted by Crippen LogP contribution is -1.98. The maximum absolute atomic E-state index is 5.87. The predicted octanol–water partition coefficient (Wildman–Crippen LogP) is 5.19. The fourth-order valence-corrected chi connectivity index (χ4v) is 3.37. The maximum Gasteiger partial charge on any atom is 0.220 e. The van der Waals surface area contributed by atoms with Crippen LogP contribution in [0.25, 0.3) is 0 Å². The van der Waals surface area contributed by atoms with Crippen LogP contribution in [0.2, 0.25) is 0 Å². The molecule has 0 fully saturated rings. The highest BCUT2D eigenvalue weighted by Gasteiger charge is 2.10. The first-order valence-electron chi connectivity index (χ1n) is 8.97. The van der Waals surface area contributed by atoms with E-state index in [-0.39, 0.29) is 0 Å². The Labute approximate surface area is 150 Å². The minimum atomic E-state index is 0.527. The highest BCUT2D eigenvalue weighted by atomic mass is 16.4. The van der Waals surface area contributed by atoms with Gasteiger partial charge in [-0.2, -0.15) is 0 Å². The Bertz CT molecular complexity index is 828. The maximum atomic E-state index is 5.87. The van der Waals surface area contributed by atoms with Crippen LogP contribution in [0, 0.1) is 13.8 Å². The molecule has 1 heterocycles. The lowest BCUT2D eigenvalue weighted by atomic mass is 9.94. The van der Waals surface area contributed by atoms with Crippen LogP contribution in [0.5, 0.6) is 0 Å². The fourth-order valence-electron chi connectivity index (χ4n) is 3.37. The molecule has 3 heteroatoms. The lowest BCUT2D eigenvalue weighted by Gasteiger charge is -2.11. The van der Waals surface area contributed by atoms with E-state index in [0.717, 1.165) is 18.7 Å². The van der Waals surface area contributed by atoms with Gasteiger partial charge in [-0.25, -0.2) is 0 Å². The second-order valence-electron chi connectivity index (χ2n) is 7.12. The summed E-state index contributed by atoms with van der Waals surface area (Å²) in [7, 11) is 0. The SMILES string of the molecule is Cc1cc(C)cc(Cc2nnc(CCc3ccccc3C(C)C)o2)c1. The van der Waals surface area contributed by atoms with Crippen LogP contribution < -0.4 is 0 Å². The van der Waals surface area contributed by atoms with Crippen molar-refractivity contribution in [3.05, 3.63) is 82.1 Å². The van der Waals surface area contributed by atoms with E-state index in [1.54, 1.807) is 0 Å². The van der Waals surface area contributed by atoms with Crippen LogP contribution in [0.1, 0.15) is 59.4 Å². The molecule has 0 saturated carbocycles. The molecular weight excluding hydrogens is 308 g/mol. The van der Waals surface area contributed by atoms with Crippen LogP contribution in [-0.2, 0) is 19.3 Å². The summed E-state index contributed by atoms with van der Waals surface area (Å²) in [5, 5.41) is 8.45. The summed E-state index contributed by atoms with van der Waals surface area (Å²) in [6.07, 6.45) is 2.40. The van der Waals surface area contributed by atoms with Gasteiger partial charge in [-0.05, 0) is 42.9 Å². The fraction of sp³-hybridized carbons (Fsp3) is 0.364. The van der Waals surface area contributed by atoms with E-state index < -0.39 is 0 Å². The molecular formula is C22H26N2O. The minimum Gasteiger partial charge on any atom is -0.425 e. The molecule has 0 atom stereocenters. The zero-order chi connectivity index (χ0) is 17.8. The van der Waals surface area contributed by atoms with Crippen molar-refractivity contribution < 1.29 is 4.42 Å². The molecule has 0 bridgehead atoms. The predicted molar refractivity (Wildman–Crippen MR) is 101 cm³/mol. The van der Waals surface area contributed by atoms with E-state index in [4.69, 9.17) is 4.42 Å². The second-order valence-corrected chi connectivity index (χ2v) is 7.12. The van der Waals surface area contributed by atoms with E-state index in [1.165, 1.54) is 27.8 Å². The zero-order valence-corrected chi connectivity index (χ0v) is 15.5. The Hall–Kier alpha value is -2.42. The minimum absolute atomic E-state index is 0.527. The van der Waals surface area contributed by atoms with Crippen LogP contribution >= 0.6 is 0 Å². The van der Waals surface area contributed by atoms with Gasteiger partial charge in [-0.1, -0.05) is 67.4 Å². The van der Waals surface area contributed by atoms with Crippen LogP contribution in [0.3, 0.4) is 0 Å². The van der Waals surface area contributed by atoms with Crippen molar-refractivity contribution in [2.24, 2.45) is 0 Å². The Morgan fingerprint density at radius 1 is 0.880 bits per heavy atom. The van der Waals surface area contributed by atoms with E-state index in [2.05, 4.69) is 80.4 Å². The summed E-state index contributed by atoms with van der Waals surface area (Å²) in [6, 6.07) is 15.1. The van der Waals surface area contributed by atoms with Gasteiger partial charge in [0.05, 0.1) is 6.42 Å². The van der Waals surface area contributed by atoms with Gasteiger partial charge >= 0.3 is 0 Å². The Balaban J connectivity index is 1.66. The average Bonchev–Trinajstić information content (AvgIpc) is 2.99. The van der Waals surface area contributed by atoms with Gasteiger partial charge in [0.1, 0.15) is 0 Å². The smallest absolute Gasteiger partial charge is 0.220 e. The topological polar surface area (TPSA) is 38.9 Å². The highest BCUT2D eigenvalue weighted by molar-refractivity contribution is 5.31. The largest absolute Gasteiger partial charge is 0.425 e. The number of nitrogens with zero attached hydrogens (tertiary/aromatic N) is 2. The standard InChI is InChI=1S/C22H26N2O/c1-15(2)20-8-6-5-7-19(20)9-10-21-23-24-22(25-21)14-18-12-16(3)11-17(4)13-18/h5-8,11-13,15H,9-10,14H2,1-4H3. The number of aryl methyl sites for hydroxylation is 4. The third-order valence-corrected chi connectivity index (χ3v) is 4.43. The van der Waals surface area contributed by atoms with Crippen molar-refractivity contribution in [1.82, 2.24) is 10.2 Å². The number of hydrogen-bond donors (Lipinski definition) is 0. The van der Waals surface area contributed by atoms with Gasteiger partial charge in [0, 0.05) is 6.42 Å². The van der Waals surface area contributed by atoms with Crippen molar-refractivity contribution in [2.45, 2.75) is 52.9 Å². The van der Waals surface area contributed by atoms with E-state index in [0.29, 0.717) is 18.2 Å². The summed E-state index contributed by atoms with van der Waals surface area (Å²) in [5.41, 5.74) is 6.52. The van der Waals surface area contributed by atoms with E-state index >= 15 is 0 Å². The number of rotatable bonds is 6. The molecule has 3 rings (SSSR count). The van der Waals surface area contributed by atoms with E-state index in [9.17, 15) is 0 Å². The van der Waals surface area contributed by atoms with Gasteiger partial charge in [0.2, 0.25) is 11.8 Å². The molecule has 0 amide bonds. The number of hydrogen-bond acceptors (Lipinski definition) is 3. The van der Waals surface area contributed by atoms with Gasteiger partial charge in [-0.15, -0.1) is 10.2 Å². The molecule has 0 aliphatic heterocycles. The summed E-state index contributed by atoms with van der Waals surface area (Å²) >= 11 is 0. The average molecular weight is 334 g/mol. The normalized spacial score (nSPS) is 11.2. The molecule has 0 aliphatic carbocycles. The molecule has 0 spiro atoms. The first-order chi connectivity index (χ1) is 12.0. The quantitative estimate of drug-likeness (QED) is 0.623. The Morgan fingerprint density at radius 3 is 2.28 bits per heavy atom. The molecule has 0 radical (unpaired) electrons. The molecule has 1 aromatic heterocycles. The van der Waals surface area contributed by atoms with Gasteiger partial charge in [0.15, 0.2) is 0 Å². The van der Waals surface area contributed by atoms with Crippen molar-refractivity contribution in [3.63, 3.8) is 0 Å². The summed E-state index contributed by atoms with van der Waals surface area (Å²) < 4.78 is 5.87. The molecule has 0 unspecified atom stereocenters. The lowest BCUT2D eigenvalue weighted by molar-refractivity contribution is 0.456. The second kappa shape index (κ2) is 7.64. The van der Waals surface area contributed by atoms with E-state index in [1.807, 2.05) is 0 Å². The van der Waals surface area contributed by atoms with Crippen molar-refractivity contribution in [1.29, 1.82) is 0 Å². The molecule has 0 N–H and O–H groups in total. The third kappa shape index (κ3) is 4.56. The number of aromatic nitrogens is 2. The van der Waals surface area contributed by atoms with Crippen LogP contribution in [0.4, 0.5) is 0 Å². The van der Waals surface area contributed by atoms with Gasteiger partial charge in [0.25, 0.3) is 0 Å². The molecule has 25 heavy (non-hydrogen) atoms. The third-order valence-electron chi connectivity index (χ3n) is 4.43. The first-order valence-corrected chi connectivity index (χ1v) is 8.97. The van der Waals surface area contributed by atoms with Crippen molar-refractivity contribution in [2.75, 3.05) is 0 Å². The first kappa shape index (κ1) is 17.4. The molecule has 3 nitrogen and oxygen atoms in total. The Morgan fingerprint density at radius 2 is 1.56 bits per heavy atom. The zero-order valence-electron chi connectivity index (χ0n) is 15.5. The molecule has 130 valence electrons. The molecule has 2 aromatic carbocycles. The molecule has 0 aliphatic rings.